The van der Waals surface area contributed by atoms with Gasteiger partial charge in [-0.2, -0.15) is 0 Å². The van der Waals surface area contributed by atoms with Crippen molar-refractivity contribution in [2.24, 2.45) is 0 Å². The number of benzene rings is 4. The normalized spacial score (nSPS) is 22.5. The van der Waals surface area contributed by atoms with Gasteiger partial charge in [0.2, 0.25) is 6.29 Å². The van der Waals surface area contributed by atoms with E-state index in [0.29, 0.717) is 38.6 Å². The van der Waals surface area contributed by atoms with Crippen LogP contribution >= 0.6 is 12.2 Å². The predicted octanol–water partition coefficient (Wildman–Crippen LogP) is 7.91. The molecule has 4 aromatic rings. The van der Waals surface area contributed by atoms with Gasteiger partial charge in [-0.15, -0.1) is 0 Å². The molecule has 47 heavy (non-hydrogen) atoms. The minimum absolute atomic E-state index is 0.268. The highest BCUT2D eigenvalue weighted by Gasteiger charge is 2.50. The molecule has 0 unspecified atom stereocenters. The molecule has 242 valence electrons. The van der Waals surface area contributed by atoms with E-state index >= 15 is 0 Å². The Morgan fingerprint density at radius 3 is 1.51 bits per heavy atom. The van der Waals surface area contributed by atoms with Crippen LogP contribution in [0.2, 0.25) is 0 Å². The Hall–Kier alpha value is -3.95. The van der Waals surface area contributed by atoms with Gasteiger partial charge < -0.3 is 28.4 Å². The quantitative estimate of drug-likeness (QED) is 0.121. The number of hydrogen-bond acceptors (Lipinski definition) is 7. The first kappa shape index (κ1) is 33.0. The van der Waals surface area contributed by atoms with Gasteiger partial charge in [-0.05, 0) is 40.5 Å². The summed E-state index contributed by atoms with van der Waals surface area (Å²) >= 11 is 5.38. The molecular weight excluding hydrogens is 609 g/mol. The number of hydrogen-bond donors (Lipinski definition) is 0. The van der Waals surface area contributed by atoms with Crippen molar-refractivity contribution in [1.82, 2.24) is 0 Å². The minimum atomic E-state index is -0.802. The molecule has 0 amide bonds. The zero-order valence-electron chi connectivity index (χ0n) is 26.3. The molecule has 0 bridgehead atoms. The smallest absolute Gasteiger partial charge is 0.229 e. The molecule has 5 atom stereocenters. The zero-order chi connectivity index (χ0) is 32.1. The third-order valence-corrected chi connectivity index (χ3v) is 8.33. The second kappa shape index (κ2) is 17.3. The lowest BCUT2D eigenvalue weighted by Gasteiger charge is -2.46. The van der Waals surface area contributed by atoms with Gasteiger partial charge in [-0.25, -0.2) is 0 Å². The molecular formula is C40H40O6S. The van der Waals surface area contributed by atoms with E-state index in [1.54, 1.807) is 0 Å². The average molecular weight is 649 g/mol. The van der Waals surface area contributed by atoms with E-state index in [1.165, 1.54) is 0 Å². The average Bonchev–Trinajstić information content (AvgIpc) is 3.12. The van der Waals surface area contributed by atoms with Gasteiger partial charge in [0.05, 0.1) is 33.0 Å². The third-order valence-electron chi connectivity index (χ3n) is 8.03. The molecule has 6 nitrogen and oxygen atoms in total. The molecule has 6 rings (SSSR count). The van der Waals surface area contributed by atoms with Crippen LogP contribution in [0.1, 0.15) is 28.7 Å². The zero-order valence-corrected chi connectivity index (χ0v) is 27.1. The highest BCUT2D eigenvalue weighted by molar-refractivity contribution is 7.80. The number of ether oxygens (including phenoxy) is 6. The van der Waals surface area contributed by atoms with Gasteiger partial charge in [0, 0.05) is 11.3 Å². The summed E-state index contributed by atoms with van der Waals surface area (Å²) in [5, 5.41) is 0. The lowest BCUT2D eigenvalue weighted by atomic mass is 9.97. The van der Waals surface area contributed by atoms with Crippen molar-refractivity contribution in [3.05, 3.63) is 168 Å². The molecule has 1 aliphatic heterocycles. The third kappa shape index (κ3) is 9.78. The molecule has 1 fully saturated rings. The Morgan fingerprint density at radius 1 is 0.553 bits per heavy atom. The van der Waals surface area contributed by atoms with Crippen LogP contribution in [0.4, 0.5) is 0 Å². The van der Waals surface area contributed by atoms with Gasteiger partial charge in [-0.1, -0.05) is 134 Å². The summed E-state index contributed by atoms with van der Waals surface area (Å²) in [6.45, 7) is 1.79. The van der Waals surface area contributed by atoms with Gasteiger partial charge >= 0.3 is 0 Å². The van der Waals surface area contributed by atoms with Gasteiger partial charge in [0.25, 0.3) is 0 Å². The molecule has 2 aliphatic rings. The molecule has 0 aromatic heterocycles. The summed E-state index contributed by atoms with van der Waals surface area (Å²) in [6, 6.07) is 40.4. The maximum Gasteiger partial charge on any atom is 0.229 e. The number of thiocarbonyl (C=S) groups is 1. The van der Waals surface area contributed by atoms with Crippen molar-refractivity contribution < 1.29 is 28.4 Å². The Balaban J connectivity index is 1.31. The number of allylic oxidation sites excluding steroid dienone is 3. The Kier molecular flexibility index (Phi) is 12.1. The summed E-state index contributed by atoms with van der Waals surface area (Å²) in [5.41, 5.74) is 4.20. The van der Waals surface area contributed by atoms with Crippen LogP contribution in [-0.2, 0) is 54.8 Å². The van der Waals surface area contributed by atoms with Crippen LogP contribution in [-0.4, -0.2) is 42.2 Å². The standard InChI is InChI=1S/C40H40O6S/c47-35-23-21-34(22-24-35)45-40-39(44-28-33-19-11-4-12-20-33)38(43-27-32-17-9-3-10-18-32)37(42-26-31-15-7-2-8-16-31)36(46-40)29-41-25-30-13-5-1-6-14-30/h1-23,36-40H,24-29H2/t36-,37-,38+,39-,40-/m1/s1. The van der Waals surface area contributed by atoms with Crippen LogP contribution < -0.4 is 0 Å². The van der Waals surface area contributed by atoms with E-state index in [0.717, 1.165) is 27.1 Å². The van der Waals surface area contributed by atoms with E-state index in [1.807, 2.05) is 140 Å². The van der Waals surface area contributed by atoms with Crippen molar-refractivity contribution in [3.8, 4) is 0 Å². The molecule has 1 saturated heterocycles. The highest BCUT2D eigenvalue weighted by atomic mass is 32.1. The fraction of sp³-hybridized carbons (Fsp3) is 0.275. The minimum Gasteiger partial charge on any atom is -0.462 e. The van der Waals surface area contributed by atoms with E-state index in [4.69, 9.17) is 40.6 Å². The topological polar surface area (TPSA) is 55.4 Å². The van der Waals surface area contributed by atoms with Crippen molar-refractivity contribution in [2.45, 2.75) is 63.6 Å². The van der Waals surface area contributed by atoms with Gasteiger partial charge in [-0.3, -0.25) is 0 Å². The summed E-state index contributed by atoms with van der Waals surface area (Å²) in [7, 11) is 0. The summed E-state index contributed by atoms with van der Waals surface area (Å²) in [6.07, 6.45) is 3.34. The lowest BCUT2D eigenvalue weighted by Crippen LogP contribution is -2.61. The van der Waals surface area contributed by atoms with E-state index < -0.39 is 30.7 Å². The fourth-order valence-corrected chi connectivity index (χ4v) is 5.73. The van der Waals surface area contributed by atoms with Crippen molar-refractivity contribution in [1.29, 1.82) is 0 Å². The van der Waals surface area contributed by atoms with Crippen molar-refractivity contribution in [3.63, 3.8) is 0 Å². The van der Waals surface area contributed by atoms with Gasteiger partial charge in [0.1, 0.15) is 30.2 Å². The first-order chi connectivity index (χ1) is 23.2. The molecule has 1 aliphatic carbocycles. The SMILES string of the molecule is S=C1C=CC(O[C@@H]2O[C@H](COCc3ccccc3)[C@@H](OCc3ccccc3)[C@H](OCc3ccccc3)[C@H]2OCc2ccccc2)=CC1. The molecule has 4 aromatic carbocycles. The first-order valence-corrected chi connectivity index (χ1v) is 16.4. The van der Waals surface area contributed by atoms with Crippen LogP contribution in [0.15, 0.2) is 145 Å². The summed E-state index contributed by atoms with van der Waals surface area (Å²) < 4.78 is 39.7. The second-order valence-corrected chi connectivity index (χ2v) is 12.1. The maximum absolute atomic E-state index is 6.78. The largest absolute Gasteiger partial charge is 0.462 e. The summed E-state index contributed by atoms with van der Waals surface area (Å²) in [5.74, 6) is 0.673. The Bertz CT molecular complexity index is 1580. The predicted molar refractivity (Wildman–Crippen MR) is 185 cm³/mol. The van der Waals surface area contributed by atoms with Crippen LogP contribution in [0.3, 0.4) is 0 Å². The monoisotopic (exact) mass is 648 g/mol. The van der Waals surface area contributed by atoms with E-state index in [-0.39, 0.29) is 6.61 Å². The second-order valence-electron chi connectivity index (χ2n) is 11.6. The number of rotatable bonds is 15. The molecule has 1 heterocycles. The van der Waals surface area contributed by atoms with Crippen molar-refractivity contribution in [2.75, 3.05) is 6.61 Å². The Labute approximate surface area is 282 Å². The fourth-order valence-electron chi connectivity index (χ4n) is 5.58. The van der Waals surface area contributed by atoms with Crippen LogP contribution in [0, 0.1) is 0 Å². The van der Waals surface area contributed by atoms with Gasteiger partial charge in [0.15, 0.2) is 0 Å². The molecule has 0 saturated carbocycles. The molecule has 0 radical (unpaired) electrons. The molecule has 0 spiro atoms. The maximum atomic E-state index is 6.78. The summed E-state index contributed by atoms with van der Waals surface area (Å²) in [4.78, 5) is 0.851. The van der Waals surface area contributed by atoms with Crippen molar-refractivity contribution >= 4 is 17.1 Å². The lowest BCUT2D eigenvalue weighted by molar-refractivity contribution is -0.320. The Morgan fingerprint density at radius 2 is 1.02 bits per heavy atom. The van der Waals surface area contributed by atoms with Crippen LogP contribution in [0.25, 0.3) is 0 Å². The van der Waals surface area contributed by atoms with E-state index in [9.17, 15) is 0 Å². The van der Waals surface area contributed by atoms with E-state index in [2.05, 4.69) is 0 Å². The highest BCUT2D eigenvalue weighted by Crippen LogP contribution is 2.33. The first-order valence-electron chi connectivity index (χ1n) is 16.0. The molecule has 7 heteroatoms. The van der Waals surface area contributed by atoms with Crippen LogP contribution in [0.5, 0.6) is 0 Å². The molecule has 0 N–H and O–H groups in total.